The summed E-state index contributed by atoms with van der Waals surface area (Å²) in [5, 5.41) is 0. The maximum absolute atomic E-state index is 6.21. The molecule has 0 radical (unpaired) electrons. The van der Waals surface area contributed by atoms with Crippen LogP contribution in [0, 0.1) is 0 Å². The van der Waals surface area contributed by atoms with Crippen LogP contribution < -0.4 is 5.73 Å². The molecule has 2 saturated heterocycles. The lowest BCUT2D eigenvalue weighted by atomic mass is 10.1. The van der Waals surface area contributed by atoms with Gasteiger partial charge in [0.25, 0.3) is 0 Å². The molecule has 2 fully saturated rings. The number of guanidine groups is 1. The Morgan fingerprint density at radius 2 is 2.17 bits per heavy atom. The number of nitrogens with two attached hydrogens (primary N) is 1. The summed E-state index contributed by atoms with van der Waals surface area (Å²) in [7, 11) is 0. The minimum absolute atomic E-state index is 0.183. The Hall–Kier alpha value is -1.53. The van der Waals surface area contributed by atoms with E-state index in [1.165, 1.54) is 19.3 Å². The number of hydrogen-bond acceptors (Lipinski definition) is 4. The number of nitrogens with zero attached hydrogens (tertiary/aromatic N) is 3. The van der Waals surface area contributed by atoms with Gasteiger partial charge in [0, 0.05) is 13.1 Å². The summed E-state index contributed by atoms with van der Waals surface area (Å²) >= 11 is 0. The van der Waals surface area contributed by atoms with Gasteiger partial charge in [-0.1, -0.05) is 6.42 Å². The zero-order valence-corrected chi connectivity index (χ0v) is 14.0. The van der Waals surface area contributed by atoms with E-state index in [1.807, 2.05) is 12.1 Å². The van der Waals surface area contributed by atoms with Crippen LogP contribution >= 0.6 is 0 Å². The fourth-order valence-corrected chi connectivity index (χ4v) is 3.40. The third-order valence-electron chi connectivity index (χ3n) is 4.69. The summed E-state index contributed by atoms with van der Waals surface area (Å²) in [5.74, 6) is 1.60. The zero-order valence-electron chi connectivity index (χ0n) is 14.0. The van der Waals surface area contributed by atoms with Crippen molar-refractivity contribution in [2.24, 2.45) is 10.7 Å². The molecule has 0 aromatic carbocycles. The molecule has 2 aliphatic heterocycles. The van der Waals surface area contributed by atoms with E-state index in [-0.39, 0.29) is 12.1 Å². The van der Waals surface area contributed by atoms with Crippen molar-refractivity contribution >= 4 is 5.96 Å². The van der Waals surface area contributed by atoms with Crippen LogP contribution in [0.25, 0.3) is 0 Å². The number of hydrogen-bond donors (Lipinski definition) is 1. The third kappa shape index (κ3) is 4.26. The summed E-state index contributed by atoms with van der Waals surface area (Å²) in [6.45, 7) is 7.26. The van der Waals surface area contributed by atoms with Gasteiger partial charge < -0.3 is 19.8 Å². The van der Waals surface area contributed by atoms with Gasteiger partial charge >= 0.3 is 0 Å². The molecule has 0 amide bonds. The first kappa shape index (κ1) is 16.3. The molecule has 2 aliphatic rings. The van der Waals surface area contributed by atoms with E-state index in [0.29, 0.717) is 19.1 Å². The average molecular weight is 320 g/mol. The second-order valence-corrected chi connectivity index (χ2v) is 6.45. The molecule has 2 N–H and O–H groups in total. The predicted octanol–water partition coefficient (Wildman–Crippen LogP) is 1.84. The highest BCUT2D eigenvalue weighted by Crippen LogP contribution is 2.25. The van der Waals surface area contributed by atoms with E-state index in [4.69, 9.17) is 14.9 Å². The van der Waals surface area contributed by atoms with Crippen LogP contribution in [0.15, 0.2) is 27.8 Å². The number of morpholine rings is 1. The molecule has 6 heteroatoms. The van der Waals surface area contributed by atoms with E-state index < -0.39 is 0 Å². The van der Waals surface area contributed by atoms with Gasteiger partial charge in [0.15, 0.2) is 5.96 Å². The number of likely N-dealkylation sites (tertiary alicyclic amines) is 1. The smallest absolute Gasteiger partial charge is 0.191 e. The van der Waals surface area contributed by atoms with Crippen molar-refractivity contribution < 1.29 is 9.15 Å². The van der Waals surface area contributed by atoms with E-state index in [0.717, 1.165) is 31.9 Å². The van der Waals surface area contributed by atoms with Crippen molar-refractivity contribution in [3.63, 3.8) is 0 Å². The van der Waals surface area contributed by atoms with Gasteiger partial charge in [-0.05, 0) is 45.0 Å². The highest BCUT2D eigenvalue weighted by molar-refractivity contribution is 5.78. The Balaban J connectivity index is 1.66. The Morgan fingerprint density at radius 1 is 1.35 bits per heavy atom. The molecule has 6 nitrogen and oxygen atoms in total. The lowest BCUT2D eigenvalue weighted by Crippen LogP contribution is -2.48. The summed E-state index contributed by atoms with van der Waals surface area (Å²) in [4.78, 5) is 9.26. The average Bonchev–Trinajstić information content (AvgIpc) is 3.10. The Kier molecular flexibility index (Phi) is 5.56. The van der Waals surface area contributed by atoms with E-state index in [1.54, 1.807) is 6.26 Å². The molecule has 1 aromatic rings. The largest absolute Gasteiger partial charge is 0.468 e. The van der Waals surface area contributed by atoms with Crippen LogP contribution in [-0.2, 0) is 4.74 Å². The van der Waals surface area contributed by atoms with Crippen molar-refractivity contribution in [2.45, 2.75) is 38.3 Å². The summed E-state index contributed by atoms with van der Waals surface area (Å²) < 4.78 is 11.2. The minimum atomic E-state index is 0.183. The van der Waals surface area contributed by atoms with Crippen LogP contribution in [0.5, 0.6) is 0 Å². The van der Waals surface area contributed by atoms with Gasteiger partial charge in [-0.2, -0.15) is 0 Å². The molecule has 2 atom stereocenters. The van der Waals surface area contributed by atoms with Crippen LogP contribution in [0.2, 0.25) is 0 Å². The highest BCUT2D eigenvalue weighted by atomic mass is 16.5. The summed E-state index contributed by atoms with van der Waals surface area (Å²) in [6, 6.07) is 4.17. The van der Waals surface area contributed by atoms with Gasteiger partial charge in [0.2, 0.25) is 0 Å². The van der Waals surface area contributed by atoms with Gasteiger partial charge in [-0.25, -0.2) is 0 Å². The molecule has 3 rings (SSSR count). The van der Waals surface area contributed by atoms with Crippen LogP contribution in [-0.4, -0.2) is 61.2 Å². The van der Waals surface area contributed by atoms with Crippen molar-refractivity contribution in [1.29, 1.82) is 0 Å². The molecule has 23 heavy (non-hydrogen) atoms. The second kappa shape index (κ2) is 7.84. The first-order valence-corrected chi connectivity index (χ1v) is 8.68. The fraction of sp³-hybridized carbons (Fsp3) is 0.706. The Labute approximate surface area is 138 Å². The quantitative estimate of drug-likeness (QED) is 0.677. The molecular formula is C17H28N4O2. The fourth-order valence-electron chi connectivity index (χ4n) is 3.40. The first-order valence-electron chi connectivity index (χ1n) is 8.68. The zero-order chi connectivity index (χ0) is 16.1. The molecule has 0 aliphatic carbocycles. The topological polar surface area (TPSA) is 67.2 Å². The van der Waals surface area contributed by atoms with Gasteiger partial charge in [0.1, 0.15) is 5.76 Å². The molecule has 0 bridgehead atoms. The van der Waals surface area contributed by atoms with Crippen LogP contribution in [0.1, 0.15) is 38.0 Å². The Bertz CT molecular complexity index is 497. The van der Waals surface area contributed by atoms with E-state index in [2.05, 4.69) is 21.7 Å². The van der Waals surface area contributed by atoms with Crippen LogP contribution in [0.4, 0.5) is 0 Å². The van der Waals surface area contributed by atoms with E-state index in [9.17, 15) is 0 Å². The monoisotopic (exact) mass is 320 g/mol. The highest BCUT2D eigenvalue weighted by Gasteiger charge is 2.25. The molecule has 1 aromatic heterocycles. The minimum Gasteiger partial charge on any atom is -0.468 e. The maximum atomic E-state index is 6.21. The Morgan fingerprint density at radius 3 is 2.87 bits per heavy atom. The van der Waals surface area contributed by atoms with Crippen molar-refractivity contribution in [3.8, 4) is 0 Å². The third-order valence-corrected chi connectivity index (χ3v) is 4.69. The van der Waals surface area contributed by atoms with Crippen molar-refractivity contribution in [1.82, 2.24) is 9.80 Å². The lowest BCUT2D eigenvalue weighted by molar-refractivity contribution is 0.00522. The molecular weight excluding hydrogens is 292 g/mol. The van der Waals surface area contributed by atoms with Gasteiger partial charge in [-0.3, -0.25) is 9.89 Å². The number of ether oxygens (including phenoxy) is 1. The summed E-state index contributed by atoms with van der Waals surface area (Å²) in [6.07, 6.45) is 5.76. The number of piperidine rings is 1. The molecule has 3 heterocycles. The van der Waals surface area contributed by atoms with Crippen LogP contribution in [0.3, 0.4) is 0 Å². The standard InChI is InChI=1S/C17H28N4O2/c1-14-13-21(9-11-22-14)17(18)19-12-15(16-6-5-10-23-16)20-7-3-2-4-8-20/h5-6,10,14-15H,2-4,7-9,11-13H2,1H3,(H2,18,19). The van der Waals surface area contributed by atoms with Gasteiger partial charge in [-0.15, -0.1) is 0 Å². The second-order valence-electron chi connectivity index (χ2n) is 6.45. The predicted molar refractivity (Wildman–Crippen MR) is 90.3 cm³/mol. The normalized spacial score (nSPS) is 25.5. The number of aliphatic imine (C=N–C) groups is 1. The van der Waals surface area contributed by atoms with Crippen molar-refractivity contribution in [2.75, 3.05) is 39.3 Å². The lowest BCUT2D eigenvalue weighted by Gasteiger charge is -2.34. The number of rotatable bonds is 4. The van der Waals surface area contributed by atoms with E-state index >= 15 is 0 Å². The first-order chi connectivity index (χ1) is 11.2. The molecule has 0 saturated carbocycles. The molecule has 2 unspecified atom stereocenters. The SMILES string of the molecule is CC1CN(C(N)=NCC(c2ccco2)N2CCCCC2)CCO1. The van der Waals surface area contributed by atoms with Crippen molar-refractivity contribution in [3.05, 3.63) is 24.2 Å². The van der Waals surface area contributed by atoms with Gasteiger partial charge in [0.05, 0.1) is 31.6 Å². The molecule has 0 spiro atoms. The number of furan rings is 1. The maximum Gasteiger partial charge on any atom is 0.191 e. The molecule has 128 valence electrons. The summed E-state index contributed by atoms with van der Waals surface area (Å²) in [5.41, 5.74) is 6.21.